The van der Waals surface area contributed by atoms with Crippen LogP contribution in [0.3, 0.4) is 0 Å². The molecule has 1 saturated heterocycles. The van der Waals surface area contributed by atoms with Crippen molar-refractivity contribution in [3.8, 4) is 17.1 Å². The molecule has 0 saturated carbocycles. The van der Waals surface area contributed by atoms with Crippen molar-refractivity contribution in [1.29, 1.82) is 0 Å². The van der Waals surface area contributed by atoms with Crippen molar-refractivity contribution in [2.45, 2.75) is 25.7 Å². The molecule has 1 atom stereocenters. The second-order valence-corrected chi connectivity index (χ2v) is 7.13. The molecule has 5 heteroatoms. The van der Waals surface area contributed by atoms with Gasteiger partial charge in [0.05, 0.1) is 12.5 Å². The lowest BCUT2D eigenvalue weighted by Crippen LogP contribution is -2.23. The molecule has 0 spiro atoms. The number of aryl methyl sites for hydroxylation is 1. The largest absolute Gasteiger partial charge is 0.494 e. The van der Waals surface area contributed by atoms with Gasteiger partial charge >= 0.3 is 0 Å². The summed E-state index contributed by atoms with van der Waals surface area (Å²) in [5.74, 6) is 2.71. The Labute approximate surface area is 160 Å². The fourth-order valence-electron chi connectivity index (χ4n) is 3.53. The molecule has 0 N–H and O–H groups in total. The normalized spacial score (nSPS) is 17.3. The summed E-state index contributed by atoms with van der Waals surface area (Å²) in [5.41, 5.74) is 2.22. The van der Waals surface area contributed by atoms with Crippen molar-refractivity contribution in [2.24, 2.45) is 0 Å². The SMILES string of the molecule is Cc1cccc(OCCCN2CC[C@H](c3nc(-c4ccccc4)no3)C2)c1. The van der Waals surface area contributed by atoms with E-state index in [1.54, 1.807) is 0 Å². The summed E-state index contributed by atoms with van der Waals surface area (Å²) in [7, 11) is 0. The number of likely N-dealkylation sites (tertiary alicyclic amines) is 1. The van der Waals surface area contributed by atoms with Crippen LogP contribution < -0.4 is 4.74 Å². The van der Waals surface area contributed by atoms with Gasteiger partial charge in [0.15, 0.2) is 0 Å². The zero-order chi connectivity index (χ0) is 18.5. The molecular weight excluding hydrogens is 338 g/mol. The van der Waals surface area contributed by atoms with E-state index in [4.69, 9.17) is 9.26 Å². The van der Waals surface area contributed by atoms with Crippen LogP contribution in [0.5, 0.6) is 5.75 Å². The molecule has 0 aliphatic carbocycles. The van der Waals surface area contributed by atoms with E-state index in [0.717, 1.165) is 56.3 Å². The van der Waals surface area contributed by atoms with Gasteiger partial charge in [-0.1, -0.05) is 47.6 Å². The van der Waals surface area contributed by atoms with Crippen LogP contribution in [0.1, 0.15) is 30.2 Å². The van der Waals surface area contributed by atoms with Gasteiger partial charge in [0, 0.05) is 18.7 Å². The fraction of sp³-hybridized carbons (Fsp3) is 0.364. The smallest absolute Gasteiger partial charge is 0.231 e. The Morgan fingerprint density at radius 1 is 1.15 bits per heavy atom. The number of rotatable bonds is 7. The van der Waals surface area contributed by atoms with Crippen LogP contribution in [0.15, 0.2) is 59.1 Å². The van der Waals surface area contributed by atoms with E-state index in [1.165, 1.54) is 5.56 Å². The van der Waals surface area contributed by atoms with Crippen molar-refractivity contribution in [3.63, 3.8) is 0 Å². The first-order valence-electron chi connectivity index (χ1n) is 9.59. The summed E-state index contributed by atoms with van der Waals surface area (Å²) >= 11 is 0. The lowest BCUT2D eigenvalue weighted by Gasteiger charge is -2.15. The van der Waals surface area contributed by atoms with E-state index in [-0.39, 0.29) is 0 Å². The first-order chi connectivity index (χ1) is 13.3. The van der Waals surface area contributed by atoms with Gasteiger partial charge in [0.25, 0.3) is 0 Å². The van der Waals surface area contributed by atoms with Crippen LogP contribution in [-0.2, 0) is 0 Å². The van der Waals surface area contributed by atoms with Crippen LogP contribution in [0.2, 0.25) is 0 Å². The molecule has 2 heterocycles. The van der Waals surface area contributed by atoms with Crippen molar-refractivity contribution in [1.82, 2.24) is 15.0 Å². The van der Waals surface area contributed by atoms with Crippen LogP contribution in [0.4, 0.5) is 0 Å². The number of ether oxygens (including phenoxy) is 1. The maximum Gasteiger partial charge on any atom is 0.231 e. The minimum atomic E-state index is 0.327. The van der Waals surface area contributed by atoms with Gasteiger partial charge < -0.3 is 14.2 Å². The second kappa shape index (κ2) is 8.35. The topological polar surface area (TPSA) is 51.4 Å². The number of hydrogen-bond donors (Lipinski definition) is 0. The van der Waals surface area contributed by atoms with E-state index < -0.39 is 0 Å². The van der Waals surface area contributed by atoms with Crippen LogP contribution in [0.25, 0.3) is 11.4 Å². The molecule has 1 aliphatic heterocycles. The molecule has 3 aromatic rings. The third-order valence-electron chi connectivity index (χ3n) is 4.97. The van der Waals surface area contributed by atoms with Crippen LogP contribution in [0, 0.1) is 6.92 Å². The minimum Gasteiger partial charge on any atom is -0.494 e. The third-order valence-corrected chi connectivity index (χ3v) is 4.97. The highest BCUT2D eigenvalue weighted by atomic mass is 16.5. The molecule has 1 fully saturated rings. The molecule has 4 rings (SSSR count). The molecule has 1 aromatic heterocycles. The van der Waals surface area contributed by atoms with Crippen molar-refractivity contribution in [2.75, 3.05) is 26.2 Å². The summed E-state index contributed by atoms with van der Waals surface area (Å²) in [4.78, 5) is 7.07. The Morgan fingerprint density at radius 2 is 2.04 bits per heavy atom. The number of benzene rings is 2. The maximum atomic E-state index is 5.84. The average molecular weight is 363 g/mol. The molecule has 0 radical (unpaired) electrons. The van der Waals surface area contributed by atoms with E-state index in [0.29, 0.717) is 11.7 Å². The highest BCUT2D eigenvalue weighted by molar-refractivity contribution is 5.53. The summed E-state index contributed by atoms with van der Waals surface area (Å²) in [6, 6.07) is 18.2. The summed E-state index contributed by atoms with van der Waals surface area (Å²) in [6.07, 6.45) is 2.08. The molecule has 0 unspecified atom stereocenters. The Kier molecular flexibility index (Phi) is 5.49. The number of aromatic nitrogens is 2. The third kappa shape index (κ3) is 4.55. The monoisotopic (exact) mass is 363 g/mol. The van der Waals surface area contributed by atoms with Gasteiger partial charge in [-0.15, -0.1) is 0 Å². The van der Waals surface area contributed by atoms with Gasteiger partial charge in [-0.25, -0.2) is 0 Å². The molecule has 5 nitrogen and oxygen atoms in total. The van der Waals surface area contributed by atoms with Crippen LogP contribution >= 0.6 is 0 Å². The molecule has 1 aliphatic rings. The molecule has 0 bridgehead atoms. The van der Waals surface area contributed by atoms with E-state index >= 15 is 0 Å². The lowest BCUT2D eigenvalue weighted by molar-refractivity contribution is 0.258. The van der Waals surface area contributed by atoms with Gasteiger partial charge in [-0.3, -0.25) is 0 Å². The Morgan fingerprint density at radius 3 is 2.89 bits per heavy atom. The van der Waals surface area contributed by atoms with E-state index in [2.05, 4.69) is 34.1 Å². The predicted molar refractivity (Wildman–Crippen MR) is 105 cm³/mol. The fourth-order valence-corrected chi connectivity index (χ4v) is 3.53. The lowest BCUT2D eigenvalue weighted by atomic mass is 10.1. The summed E-state index contributed by atoms with van der Waals surface area (Å²) < 4.78 is 11.4. The highest BCUT2D eigenvalue weighted by Crippen LogP contribution is 2.27. The number of nitrogens with zero attached hydrogens (tertiary/aromatic N) is 3. The maximum absolute atomic E-state index is 5.84. The Bertz CT molecular complexity index is 863. The molecule has 0 amide bonds. The zero-order valence-corrected chi connectivity index (χ0v) is 15.7. The predicted octanol–water partition coefficient (Wildman–Crippen LogP) is 4.30. The second-order valence-electron chi connectivity index (χ2n) is 7.13. The highest BCUT2D eigenvalue weighted by Gasteiger charge is 2.28. The standard InChI is InChI=1S/C22H25N3O2/c1-17-7-5-10-20(15-17)26-14-6-12-25-13-11-19(16-25)22-23-21(24-27-22)18-8-3-2-4-9-18/h2-5,7-10,15,19H,6,11-14,16H2,1H3/t19-/m0/s1. The van der Waals surface area contributed by atoms with Gasteiger partial charge in [0.1, 0.15) is 5.75 Å². The van der Waals surface area contributed by atoms with Gasteiger partial charge in [-0.05, 0) is 44.0 Å². The summed E-state index contributed by atoms with van der Waals surface area (Å²) in [6.45, 7) is 5.89. The van der Waals surface area contributed by atoms with E-state index in [1.807, 2.05) is 42.5 Å². The van der Waals surface area contributed by atoms with Gasteiger partial charge in [-0.2, -0.15) is 4.98 Å². The van der Waals surface area contributed by atoms with Crippen LogP contribution in [-0.4, -0.2) is 41.3 Å². The van der Waals surface area contributed by atoms with Crippen molar-refractivity contribution >= 4 is 0 Å². The Balaban J connectivity index is 1.24. The van der Waals surface area contributed by atoms with Crippen molar-refractivity contribution < 1.29 is 9.26 Å². The minimum absolute atomic E-state index is 0.327. The summed E-state index contributed by atoms with van der Waals surface area (Å²) in [5, 5.41) is 4.15. The van der Waals surface area contributed by atoms with Crippen molar-refractivity contribution in [3.05, 3.63) is 66.1 Å². The molecule has 140 valence electrons. The number of hydrogen-bond acceptors (Lipinski definition) is 5. The quantitative estimate of drug-likeness (QED) is 0.586. The zero-order valence-electron chi connectivity index (χ0n) is 15.7. The Hall–Kier alpha value is -2.66. The molecular formula is C22H25N3O2. The first-order valence-corrected chi connectivity index (χ1v) is 9.59. The first kappa shape index (κ1) is 17.7. The van der Waals surface area contributed by atoms with Gasteiger partial charge in [0.2, 0.25) is 11.7 Å². The van der Waals surface area contributed by atoms with E-state index in [9.17, 15) is 0 Å². The molecule has 27 heavy (non-hydrogen) atoms. The average Bonchev–Trinajstić information content (AvgIpc) is 3.36. The molecule has 2 aromatic carbocycles.